The highest BCUT2D eigenvalue weighted by Gasteiger charge is 2.17. The molecule has 2 heterocycles. The van der Waals surface area contributed by atoms with E-state index in [1.807, 2.05) is 0 Å². The summed E-state index contributed by atoms with van der Waals surface area (Å²) in [6.07, 6.45) is 0.938. The summed E-state index contributed by atoms with van der Waals surface area (Å²) in [5.74, 6) is 0.568. The monoisotopic (exact) mass is 211 g/mol. The van der Waals surface area contributed by atoms with Crippen LogP contribution in [0.3, 0.4) is 0 Å². The van der Waals surface area contributed by atoms with E-state index in [0.29, 0.717) is 12.6 Å². The van der Waals surface area contributed by atoms with Crippen molar-refractivity contribution in [2.45, 2.75) is 12.5 Å². The Morgan fingerprint density at radius 2 is 2.33 bits per heavy atom. The zero-order valence-corrected chi connectivity index (χ0v) is 8.43. The Bertz CT molecular complexity index is 340. The molecule has 0 saturated carbocycles. The van der Waals surface area contributed by atoms with Gasteiger partial charge in [-0.2, -0.15) is 15.0 Å². The molecule has 1 aliphatic heterocycles. The van der Waals surface area contributed by atoms with Crippen LogP contribution in [-0.2, 0) is 4.74 Å². The summed E-state index contributed by atoms with van der Waals surface area (Å²) in [5, 5.41) is 3.11. The lowest BCUT2D eigenvalue weighted by molar-refractivity contribution is 0.195. The van der Waals surface area contributed by atoms with E-state index >= 15 is 0 Å². The zero-order chi connectivity index (χ0) is 10.7. The van der Waals surface area contributed by atoms with Crippen LogP contribution in [0.2, 0.25) is 0 Å². The first-order valence-corrected chi connectivity index (χ1v) is 4.68. The van der Waals surface area contributed by atoms with Gasteiger partial charge in [0, 0.05) is 6.61 Å². The van der Waals surface area contributed by atoms with Crippen LogP contribution < -0.4 is 15.8 Å². The lowest BCUT2D eigenvalue weighted by Gasteiger charge is -2.10. The smallest absolute Gasteiger partial charge is 0.322 e. The highest BCUT2D eigenvalue weighted by Crippen LogP contribution is 2.12. The number of ether oxygens (including phenoxy) is 2. The van der Waals surface area contributed by atoms with Gasteiger partial charge in [0.2, 0.25) is 11.9 Å². The highest BCUT2D eigenvalue weighted by molar-refractivity contribution is 5.33. The number of nitrogen functional groups attached to an aromatic ring is 1. The van der Waals surface area contributed by atoms with Gasteiger partial charge in [-0.25, -0.2) is 0 Å². The fourth-order valence-corrected chi connectivity index (χ4v) is 1.36. The van der Waals surface area contributed by atoms with E-state index in [1.165, 1.54) is 7.11 Å². The van der Waals surface area contributed by atoms with E-state index in [0.717, 1.165) is 13.0 Å². The minimum atomic E-state index is 0.142. The van der Waals surface area contributed by atoms with Crippen molar-refractivity contribution in [2.24, 2.45) is 0 Å². The molecule has 1 aromatic heterocycles. The Hall–Kier alpha value is -1.63. The Labute approximate surface area is 87.0 Å². The minimum absolute atomic E-state index is 0.142. The average molecular weight is 211 g/mol. The maximum Gasteiger partial charge on any atom is 0.322 e. The summed E-state index contributed by atoms with van der Waals surface area (Å²) in [6.45, 7) is 1.42. The molecule has 7 nitrogen and oxygen atoms in total. The topological polar surface area (TPSA) is 95.2 Å². The molecule has 82 valence electrons. The summed E-state index contributed by atoms with van der Waals surface area (Å²) < 4.78 is 10.1. The summed E-state index contributed by atoms with van der Waals surface area (Å²) in [7, 11) is 1.48. The molecule has 2 rings (SSSR count). The average Bonchev–Trinajstić information content (AvgIpc) is 2.69. The zero-order valence-electron chi connectivity index (χ0n) is 8.43. The molecule has 1 unspecified atom stereocenters. The van der Waals surface area contributed by atoms with Crippen molar-refractivity contribution >= 4 is 11.9 Å². The molecule has 0 spiro atoms. The molecule has 0 radical (unpaired) electrons. The minimum Gasteiger partial charge on any atom is -0.467 e. The molecule has 3 N–H and O–H groups in total. The molecule has 0 bridgehead atoms. The van der Waals surface area contributed by atoms with Gasteiger partial charge < -0.3 is 20.5 Å². The van der Waals surface area contributed by atoms with E-state index in [1.54, 1.807) is 0 Å². The number of rotatable bonds is 3. The van der Waals surface area contributed by atoms with Crippen molar-refractivity contribution in [3.8, 4) is 6.01 Å². The molecule has 1 atom stereocenters. The molecular weight excluding hydrogens is 198 g/mol. The first kappa shape index (κ1) is 9.91. The molecule has 1 fully saturated rings. The van der Waals surface area contributed by atoms with Crippen LogP contribution in [0.15, 0.2) is 0 Å². The number of hydrogen-bond acceptors (Lipinski definition) is 7. The van der Waals surface area contributed by atoms with Crippen molar-refractivity contribution in [1.29, 1.82) is 0 Å². The normalized spacial score (nSPS) is 20.2. The second-order valence-electron chi connectivity index (χ2n) is 3.21. The van der Waals surface area contributed by atoms with E-state index in [9.17, 15) is 0 Å². The SMILES string of the molecule is COc1nc(N)nc(NC2CCOC2)n1. The third-order valence-corrected chi connectivity index (χ3v) is 2.08. The van der Waals surface area contributed by atoms with E-state index in [2.05, 4.69) is 20.3 Å². The molecule has 1 saturated heterocycles. The number of aromatic nitrogens is 3. The molecule has 1 aromatic rings. The van der Waals surface area contributed by atoms with Gasteiger partial charge in [0.15, 0.2) is 0 Å². The third-order valence-electron chi connectivity index (χ3n) is 2.08. The first-order valence-electron chi connectivity index (χ1n) is 4.68. The van der Waals surface area contributed by atoms with E-state index in [4.69, 9.17) is 15.2 Å². The van der Waals surface area contributed by atoms with Crippen LogP contribution >= 0.6 is 0 Å². The van der Waals surface area contributed by atoms with Gasteiger partial charge >= 0.3 is 6.01 Å². The predicted octanol–water partition coefficient (Wildman–Crippen LogP) is -0.337. The molecule has 0 aromatic carbocycles. The van der Waals surface area contributed by atoms with E-state index < -0.39 is 0 Å². The number of methoxy groups -OCH3 is 1. The standard InChI is InChI=1S/C8H13N5O2/c1-14-8-12-6(9)11-7(13-8)10-5-2-3-15-4-5/h5H,2-4H2,1H3,(H3,9,10,11,12,13). The summed E-state index contributed by atoms with van der Waals surface area (Å²) in [4.78, 5) is 11.8. The van der Waals surface area contributed by atoms with Gasteiger partial charge in [-0.05, 0) is 6.42 Å². The largest absolute Gasteiger partial charge is 0.467 e. The fourth-order valence-electron chi connectivity index (χ4n) is 1.36. The molecule has 0 amide bonds. The van der Waals surface area contributed by atoms with Crippen LogP contribution in [0, 0.1) is 0 Å². The highest BCUT2D eigenvalue weighted by atomic mass is 16.5. The van der Waals surface area contributed by atoms with E-state index in [-0.39, 0.29) is 18.0 Å². The van der Waals surface area contributed by atoms with Crippen molar-refractivity contribution in [1.82, 2.24) is 15.0 Å². The molecule has 1 aliphatic rings. The maximum absolute atomic E-state index is 5.50. The van der Waals surface area contributed by atoms with Crippen molar-refractivity contribution in [3.05, 3.63) is 0 Å². The number of nitrogens with two attached hydrogens (primary N) is 1. The van der Waals surface area contributed by atoms with Crippen molar-refractivity contribution in [3.63, 3.8) is 0 Å². The summed E-state index contributed by atoms with van der Waals surface area (Å²) in [6, 6.07) is 0.445. The lowest BCUT2D eigenvalue weighted by Crippen LogP contribution is -2.21. The second kappa shape index (κ2) is 4.26. The van der Waals surface area contributed by atoms with Crippen LogP contribution in [-0.4, -0.2) is 41.3 Å². The van der Waals surface area contributed by atoms with Gasteiger partial charge in [-0.3, -0.25) is 0 Å². The van der Waals surface area contributed by atoms with Crippen LogP contribution in [0.4, 0.5) is 11.9 Å². The molecule has 15 heavy (non-hydrogen) atoms. The number of hydrogen-bond donors (Lipinski definition) is 2. The lowest BCUT2D eigenvalue weighted by atomic mass is 10.3. The second-order valence-corrected chi connectivity index (χ2v) is 3.21. The number of anilines is 2. The fraction of sp³-hybridized carbons (Fsp3) is 0.625. The van der Waals surface area contributed by atoms with Crippen molar-refractivity contribution in [2.75, 3.05) is 31.4 Å². The predicted molar refractivity (Wildman–Crippen MR) is 53.6 cm³/mol. The quantitative estimate of drug-likeness (QED) is 0.706. The van der Waals surface area contributed by atoms with Gasteiger partial charge in [0.1, 0.15) is 0 Å². The van der Waals surface area contributed by atoms with Gasteiger partial charge in [-0.1, -0.05) is 0 Å². The van der Waals surface area contributed by atoms with Crippen LogP contribution in [0.5, 0.6) is 6.01 Å². The molecule has 0 aliphatic carbocycles. The number of nitrogens with one attached hydrogen (secondary N) is 1. The van der Waals surface area contributed by atoms with Crippen molar-refractivity contribution < 1.29 is 9.47 Å². The number of nitrogens with zero attached hydrogens (tertiary/aromatic N) is 3. The maximum atomic E-state index is 5.50. The van der Waals surface area contributed by atoms with Crippen LogP contribution in [0.1, 0.15) is 6.42 Å². The Morgan fingerprint density at radius 3 is 3.00 bits per heavy atom. The summed E-state index contributed by atoms with van der Waals surface area (Å²) >= 11 is 0. The molecule has 7 heteroatoms. The van der Waals surface area contributed by atoms with Gasteiger partial charge in [0.25, 0.3) is 0 Å². The first-order chi connectivity index (χ1) is 7.28. The van der Waals surface area contributed by atoms with Gasteiger partial charge in [-0.15, -0.1) is 0 Å². The Morgan fingerprint density at radius 1 is 1.47 bits per heavy atom. The van der Waals surface area contributed by atoms with Gasteiger partial charge in [0.05, 0.1) is 19.8 Å². The Kier molecular flexibility index (Phi) is 2.82. The van der Waals surface area contributed by atoms with Crippen LogP contribution in [0.25, 0.3) is 0 Å². The summed E-state index contributed by atoms with van der Waals surface area (Å²) in [5.41, 5.74) is 5.50. The molecular formula is C8H13N5O2. The Balaban J connectivity index is 2.09. The third kappa shape index (κ3) is 2.44.